The Bertz CT molecular complexity index is 1080. The zero-order chi connectivity index (χ0) is 32.5. The first-order chi connectivity index (χ1) is 21.7. The van der Waals surface area contributed by atoms with Crippen molar-refractivity contribution in [3.05, 3.63) is 23.3 Å². The van der Waals surface area contributed by atoms with Crippen molar-refractivity contribution >= 4 is 0 Å². The van der Waals surface area contributed by atoms with E-state index >= 15 is 0 Å². The summed E-state index contributed by atoms with van der Waals surface area (Å²) in [7, 11) is 0. The SMILES string of the molecule is CCCCCCCCCCCCCCCCCCn1c(O)c2c(c1O)C1(CO[C@@H]3OC(CO)[C@@H](O)[C@H](O)C3O)C=CC2(CO)O1. The molecular formula is C34H57NO10. The molecule has 4 heterocycles. The number of aromatic nitrogens is 1. The lowest BCUT2D eigenvalue weighted by molar-refractivity contribution is -0.309. The minimum Gasteiger partial charge on any atom is -0.494 e. The molecule has 1 saturated heterocycles. The number of aromatic hydroxyl groups is 2. The van der Waals surface area contributed by atoms with Crippen molar-refractivity contribution in [2.75, 3.05) is 19.8 Å². The molecule has 4 unspecified atom stereocenters. The molecule has 3 aliphatic heterocycles. The van der Waals surface area contributed by atoms with Gasteiger partial charge in [0.15, 0.2) is 6.29 Å². The summed E-state index contributed by atoms with van der Waals surface area (Å²) in [6.07, 6.45) is 16.0. The van der Waals surface area contributed by atoms with Crippen molar-refractivity contribution in [2.45, 2.75) is 158 Å². The second-order valence-corrected chi connectivity index (χ2v) is 13.2. The molecule has 1 fully saturated rings. The number of ether oxygens (including phenoxy) is 3. The van der Waals surface area contributed by atoms with Gasteiger partial charge in [0.1, 0.15) is 35.6 Å². The lowest BCUT2D eigenvalue weighted by atomic mass is 9.84. The van der Waals surface area contributed by atoms with E-state index < -0.39 is 55.1 Å². The van der Waals surface area contributed by atoms with Gasteiger partial charge in [-0.1, -0.05) is 103 Å². The maximum atomic E-state index is 11.3. The number of aliphatic hydroxyl groups is 5. The second kappa shape index (κ2) is 16.9. The lowest BCUT2D eigenvalue weighted by Crippen LogP contribution is -2.59. The second-order valence-electron chi connectivity index (χ2n) is 13.2. The lowest BCUT2D eigenvalue weighted by Gasteiger charge is -2.40. The van der Waals surface area contributed by atoms with Crippen LogP contribution in [0.15, 0.2) is 12.2 Å². The number of hydrogen-bond donors (Lipinski definition) is 7. The first kappa shape index (κ1) is 36.1. The van der Waals surface area contributed by atoms with Crippen LogP contribution in [-0.4, -0.2) is 90.8 Å². The summed E-state index contributed by atoms with van der Waals surface area (Å²) >= 11 is 0. The third-order valence-corrected chi connectivity index (χ3v) is 9.82. The average Bonchev–Trinajstić information content (AvgIpc) is 3.66. The van der Waals surface area contributed by atoms with E-state index in [0.29, 0.717) is 6.54 Å². The van der Waals surface area contributed by atoms with Crippen molar-refractivity contribution in [1.29, 1.82) is 0 Å². The van der Waals surface area contributed by atoms with Crippen LogP contribution in [0.4, 0.5) is 0 Å². The number of unbranched alkanes of at least 4 members (excludes halogenated alkanes) is 15. The molecule has 4 rings (SSSR count). The Balaban J connectivity index is 1.21. The van der Waals surface area contributed by atoms with Crippen molar-refractivity contribution in [3.8, 4) is 11.8 Å². The topological polar surface area (TPSA) is 174 Å². The van der Waals surface area contributed by atoms with Crippen LogP contribution < -0.4 is 0 Å². The van der Waals surface area contributed by atoms with Crippen LogP contribution in [-0.2, 0) is 32.0 Å². The van der Waals surface area contributed by atoms with Gasteiger partial charge in [-0.25, -0.2) is 0 Å². The fourth-order valence-corrected chi connectivity index (χ4v) is 7.08. The van der Waals surface area contributed by atoms with E-state index in [9.17, 15) is 35.7 Å². The van der Waals surface area contributed by atoms with Gasteiger partial charge in [0.25, 0.3) is 0 Å². The summed E-state index contributed by atoms with van der Waals surface area (Å²) in [5.41, 5.74) is -2.20. The molecule has 0 radical (unpaired) electrons. The fraction of sp³-hybridized carbons (Fsp3) is 0.824. The molecular weight excluding hydrogens is 582 g/mol. The summed E-state index contributed by atoms with van der Waals surface area (Å²) in [4.78, 5) is 0. The van der Waals surface area contributed by atoms with Gasteiger partial charge in [-0.3, -0.25) is 4.57 Å². The zero-order valence-electron chi connectivity index (χ0n) is 27.0. The van der Waals surface area contributed by atoms with Gasteiger partial charge in [-0.2, -0.15) is 0 Å². The molecule has 2 bridgehead atoms. The zero-order valence-corrected chi connectivity index (χ0v) is 27.0. The van der Waals surface area contributed by atoms with E-state index in [1.165, 1.54) is 88.0 Å². The Morgan fingerprint density at radius 2 is 1.18 bits per heavy atom. The van der Waals surface area contributed by atoms with Crippen LogP contribution in [0.25, 0.3) is 0 Å². The van der Waals surface area contributed by atoms with Crippen LogP contribution >= 0.6 is 0 Å². The Morgan fingerprint density at radius 3 is 1.69 bits per heavy atom. The largest absolute Gasteiger partial charge is 0.494 e. The highest BCUT2D eigenvalue weighted by atomic mass is 16.7. The van der Waals surface area contributed by atoms with Crippen LogP contribution in [0.3, 0.4) is 0 Å². The van der Waals surface area contributed by atoms with Crippen molar-refractivity contribution in [3.63, 3.8) is 0 Å². The quantitative estimate of drug-likeness (QED) is 0.0727. The van der Waals surface area contributed by atoms with E-state index in [1.54, 1.807) is 12.2 Å². The number of aliphatic hydroxyl groups excluding tert-OH is 5. The van der Waals surface area contributed by atoms with Crippen molar-refractivity contribution in [2.24, 2.45) is 0 Å². The smallest absolute Gasteiger partial charge is 0.201 e. The van der Waals surface area contributed by atoms with Crippen LogP contribution in [0.1, 0.15) is 121 Å². The van der Waals surface area contributed by atoms with Gasteiger partial charge in [-0.15, -0.1) is 0 Å². The highest BCUT2D eigenvalue weighted by molar-refractivity contribution is 5.61. The molecule has 7 atom stereocenters. The van der Waals surface area contributed by atoms with E-state index in [-0.39, 0.29) is 29.5 Å². The first-order valence-corrected chi connectivity index (χ1v) is 17.3. The van der Waals surface area contributed by atoms with E-state index in [2.05, 4.69) is 6.92 Å². The van der Waals surface area contributed by atoms with Gasteiger partial charge in [-0.05, 0) is 18.6 Å². The maximum Gasteiger partial charge on any atom is 0.201 e. The normalized spacial score (nSPS) is 30.4. The maximum absolute atomic E-state index is 11.3. The first-order valence-electron chi connectivity index (χ1n) is 17.3. The molecule has 0 aromatic carbocycles. The van der Waals surface area contributed by atoms with E-state index in [4.69, 9.17) is 14.2 Å². The molecule has 0 saturated carbocycles. The third kappa shape index (κ3) is 8.06. The minimum atomic E-state index is -1.60. The molecule has 0 spiro atoms. The Kier molecular flexibility index (Phi) is 13.6. The summed E-state index contributed by atoms with van der Waals surface area (Å²) in [6.45, 7) is 1.28. The standard InChI is InChI=1S/C34H57NO10/c1-2-3-4-5-6-7-8-9-10-11-12-13-14-15-16-17-20-35-30(41)25-26(31(35)42)34(19-18-33(25,22-37)45-34)23-43-32-29(40)28(39)27(38)24(21-36)44-32/h18-19,24,27-29,32,36-42H,2-17,20-23H2,1H3/t24?,27-,28+,29?,32-,33?,34?/m1/s1. The molecule has 0 amide bonds. The average molecular weight is 640 g/mol. The Morgan fingerprint density at radius 1 is 0.689 bits per heavy atom. The summed E-state index contributed by atoms with van der Waals surface area (Å²) in [5.74, 6) is -0.350. The van der Waals surface area contributed by atoms with Gasteiger partial charge in [0.2, 0.25) is 11.8 Å². The van der Waals surface area contributed by atoms with E-state index in [1.807, 2.05) is 0 Å². The Labute approximate surface area is 267 Å². The van der Waals surface area contributed by atoms with E-state index in [0.717, 1.165) is 19.3 Å². The minimum absolute atomic E-state index is 0.170. The van der Waals surface area contributed by atoms with Gasteiger partial charge in [0, 0.05) is 6.54 Å². The third-order valence-electron chi connectivity index (χ3n) is 9.82. The predicted molar refractivity (Wildman–Crippen MR) is 168 cm³/mol. The van der Waals surface area contributed by atoms with Crippen LogP contribution in [0, 0.1) is 0 Å². The Hall–Kier alpha value is -1.70. The van der Waals surface area contributed by atoms with Crippen LogP contribution in [0.2, 0.25) is 0 Å². The molecule has 3 aliphatic rings. The van der Waals surface area contributed by atoms with Crippen LogP contribution in [0.5, 0.6) is 11.8 Å². The van der Waals surface area contributed by atoms with Gasteiger partial charge in [0.05, 0.1) is 30.9 Å². The van der Waals surface area contributed by atoms with Crippen molar-refractivity contribution < 1.29 is 50.0 Å². The molecule has 1 aromatic rings. The highest BCUT2D eigenvalue weighted by Gasteiger charge is 2.61. The number of rotatable bonds is 22. The fourth-order valence-electron chi connectivity index (χ4n) is 7.08. The van der Waals surface area contributed by atoms with Crippen molar-refractivity contribution in [1.82, 2.24) is 4.57 Å². The number of nitrogens with zero attached hydrogens (tertiary/aromatic N) is 1. The molecule has 11 heteroatoms. The number of hydrogen-bond acceptors (Lipinski definition) is 10. The highest BCUT2D eigenvalue weighted by Crippen LogP contribution is 2.60. The molecule has 7 N–H and O–H groups in total. The monoisotopic (exact) mass is 639 g/mol. The summed E-state index contributed by atoms with van der Waals surface area (Å²) in [6, 6.07) is 0. The molecule has 0 aliphatic carbocycles. The molecule has 258 valence electrons. The number of fused-ring (bicyclic) bond motifs is 5. The summed E-state index contributed by atoms with van der Waals surface area (Å²) in [5, 5.41) is 72.7. The predicted octanol–water partition coefficient (Wildman–Crippen LogP) is 3.96. The van der Waals surface area contributed by atoms with Gasteiger partial charge >= 0.3 is 0 Å². The summed E-state index contributed by atoms with van der Waals surface area (Å²) < 4.78 is 18.8. The van der Waals surface area contributed by atoms with Gasteiger partial charge < -0.3 is 50.0 Å². The molecule has 45 heavy (non-hydrogen) atoms. The molecule has 11 nitrogen and oxygen atoms in total. The molecule has 1 aromatic heterocycles.